The fourth-order valence-corrected chi connectivity index (χ4v) is 4.29. The van der Waals surface area contributed by atoms with Crippen LogP contribution in [0.5, 0.6) is 0 Å². The standard InChI is InChI=1S/C20H29BrN4O/c1-4-6-18(24-10-9-22-12-14(3)13-24)19-23-17-8-7-15(21)11-16(17)20(26)25(19)5-2/h7-8,11,14,18,22H,4-6,9-10,12-13H2,1-3H3/t14?,18-/m0/s1. The molecule has 6 heteroatoms. The molecule has 1 aromatic carbocycles. The molecule has 0 bridgehead atoms. The minimum Gasteiger partial charge on any atom is -0.315 e. The zero-order valence-corrected chi connectivity index (χ0v) is 17.6. The van der Waals surface area contributed by atoms with Gasteiger partial charge in [0.15, 0.2) is 0 Å². The molecule has 2 atom stereocenters. The molecule has 2 aromatic rings. The number of aromatic nitrogens is 2. The zero-order chi connectivity index (χ0) is 18.7. The third-order valence-electron chi connectivity index (χ3n) is 5.18. The van der Waals surface area contributed by atoms with Crippen molar-refractivity contribution < 1.29 is 0 Å². The molecular weight excluding hydrogens is 392 g/mol. The molecule has 0 aliphatic carbocycles. The minimum atomic E-state index is 0.0656. The number of hydrogen-bond donors (Lipinski definition) is 1. The van der Waals surface area contributed by atoms with Gasteiger partial charge >= 0.3 is 0 Å². The summed E-state index contributed by atoms with van der Waals surface area (Å²) in [5.41, 5.74) is 0.857. The van der Waals surface area contributed by atoms with Gasteiger partial charge < -0.3 is 5.32 Å². The summed E-state index contributed by atoms with van der Waals surface area (Å²) in [5.74, 6) is 1.51. The number of halogens is 1. The van der Waals surface area contributed by atoms with Crippen molar-refractivity contribution in [3.63, 3.8) is 0 Å². The lowest BCUT2D eigenvalue weighted by atomic mass is 10.1. The van der Waals surface area contributed by atoms with Gasteiger partial charge in [-0.05, 0) is 44.0 Å². The Morgan fingerprint density at radius 2 is 2.19 bits per heavy atom. The first-order valence-electron chi connectivity index (χ1n) is 9.69. The normalized spacial score (nSPS) is 20.2. The quantitative estimate of drug-likeness (QED) is 0.802. The van der Waals surface area contributed by atoms with Crippen LogP contribution in [0.25, 0.3) is 10.9 Å². The summed E-state index contributed by atoms with van der Waals surface area (Å²) in [6.07, 6.45) is 2.09. The Hall–Kier alpha value is -1.24. The van der Waals surface area contributed by atoms with Crippen molar-refractivity contribution in [1.82, 2.24) is 19.8 Å². The fourth-order valence-electron chi connectivity index (χ4n) is 3.93. The van der Waals surface area contributed by atoms with Crippen molar-refractivity contribution in [1.29, 1.82) is 0 Å². The summed E-state index contributed by atoms with van der Waals surface area (Å²) < 4.78 is 2.79. The molecule has 1 N–H and O–H groups in total. The maximum atomic E-state index is 13.1. The summed E-state index contributed by atoms with van der Waals surface area (Å²) in [5, 5.41) is 4.20. The molecule has 1 fully saturated rings. The van der Waals surface area contributed by atoms with Gasteiger partial charge in [0.25, 0.3) is 5.56 Å². The van der Waals surface area contributed by atoms with E-state index in [0.29, 0.717) is 17.8 Å². The SMILES string of the molecule is CCC[C@@H](c1nc2ccc(Br)cc2c(=O)n1CC)N1CCNCC(C)C1. The van der Waals surface area contributed by atoms with Crippen LogP contribution in [0, 0.1) is 5.92 Å². The highest BCUT2D eigenvalue weighted by atomic mass is 79.9. The zero-order valence-electron chi connectivity index (χ0n) is 16.0. The smallest absolute Gasteiger partial charge is 0.261 e. The van der Waals surface area contributed by atoms with E-state index in [1.165, 1.54) is 0 Å². The van der Waals surface area contributed by atoms with Gasteiger partial charge in [0.2, 0.25) is 0 Å². The highest BCUT2D eigenvalue weighted by Crippen LogP contribution is 2.27. The number of benzene rings is 1. The predicted molar refractivity (Wildman–Crippen MR) is 111 cm³/mol. The van der Waals surface area contributed by atoms with Crippen molar-refractivity contribution in [2.24, 2.45) is 5.92 Å². The van der Waals surface area contributed by atoms with E-state index in [-0.39, 0.29) is 11.6 Å². The van der Waals surface area contributed by atoms with Gasteiger partial charge in [-0.15, -0.1) is 0 Å². The monoisotopic (exact) mass is 420 g/mol. The Morgan fingerprint density at radius 1 is 1.38 bits per heavy atom. The van der Waals surface area contributed by atoms with Crippen LogP contribution >= 0.6 is 15.9 Å². The van der Waals surface area contributed by atoms with Crippen molar-refractivity contribution in [3.05, 3.63) is 38.9 Å². The molecule has 26 heavy (non-hydrogen) atoms. The molecule has 0 spiro atoms. The molecule has 0 radical (unpaired) electrons. The molecule has 2 heterocycles. The first kappa shape index (κ1) is 19.5. The molecule has 0 amide bonds. The highest BCUT2D eigenvalue weighted by molar-refractivity contribution is 9.10. The van der Waals surface area contributed by atoms with Crippen LogP contribution in [0.15, 0.2) is 27.5 Å². The van der Waals surface area contributed by atoms with Crippen LogP contribution < -0.4 is 10.9 Å². The molecular formula is C20H29BrN4O. The van der Waals surface area contributed by atoms with Crippen molar-refractivity contribution in [2.45, 2.75) is 46.2 Å². The van der Waals surface area contributed by atoms with Gasteiger partial charge in [-0.3, -0.25) is 14.3 Å². The lowest BCUT2D eigenvalue weighted by Crippen LogP contribution is -2.38. The van der Waals surface area contributed by atoms with E-state index in [1.807, 2.05) is 29.7 Å². The van der Waals surface area contributed by atoms with E-state index in [4.69, 9.17) is 4.98 Å². The lowest BCUT2D eigenvalue weighted by molar-refractivity contribution is 0.169. The molecule has 0 saturated carbocycles. The van der Waals surface area contributed by atoms with Crippen LogP contribution in [-0.4, -0.2) is 40.6 Å². The molecule has 142 valence electrons. The van der Waals surface area contributed by atoms with E-state index < -0.39 is 0 Å². The molecule has 3 rings (SSSR count). The van der Waals surface area contributed by atoms with E-state index in [1.54, 1.807) is 0 Å². The molecule has 1 aromatic heterocycles. The highest BCUT2D eigenvalue weighted by Gasteiger charge is 2.27. The molecule has 1 aliphatic heterocycles. The van der Waals surface area contributed by atoms with Crippen LogP contribution in [0.1, 0.15) is 45.5 Å². The third-order valence-corrected chi connectivity index (χ3v) is 5.67. The maximum Gasteiger partial charge on any atom is 0.261 e. The van der Waals surface area contributed by atoms with Crippen molar-refractivity contribution >= 4 is 26.8 Å². The number of hydrogen-bond acceptors (Lipinski definition) is 4. The topological polar surface area (TPSA) is 50.2 Å². The van der Waals surface area contributed by atoms with E-state index >= 15 is 0 Å². The number of fused-ring (bicyclic) bond motifs is 1. The second-order valence-corrected chi connectivity index (χ2v) is 8.21. The Balaban J connectivity index is 2.12. The summed E-state index contributed by atoms with van der Waals surface area (Å²) >= 11 is 3.47. The van der Waals surface area contributed by atoms with Gasteiger partial charge in [-0.1, -0.05) is 36.2 Å². The summed E-state index contributed by atoms with van der Waals surface area (Å²) in [7, 11) is 0. The van der Waals surface area contributed by atoms with Crippen molar-refractivity contribution in [2.75, 3.05) is 26.2 Å². The van der Waals surface area contributed by atoms with Crippen molar-refractivity contribution in [3.8, 4) is 0 Å². The average Bonchev–Trinajstić information content (AvgIpc) is 2.84. The van der Waals surface area contributed by atoms with Crippen LogP contribution in [0.3, 0.4) is 0 Å². The van der Waals surface area contributed by atoms with Crippen LogP contribution in [0.4, 0.5) is 0 Å². The van der Waals surface area contributed by atoms with E-state index in [2.05, 4.69) is 40.0 Å². The molecule has 1 saturated heterocycles. The Morgan fingerprint density at radius 3 is 2.92 bits per heavy atom. The van der Waals surface area contributed by atoms with Gasteiger partial charge in [0.05, 0.1) is 16.9 Å². The van der Waals surface area contributed by atoms with E-state index in [9.17, 15) is 4.79 Å². The number of nitrogens with one attached hydrogen (secondary N) is 1. The molecule has 5 nitrogen and oxygen atoms in total. The Labute approximate surface area is 163 Å². The second-order valence-electron chi connectivity index (χ2n) is 7.29. The largest absolute Gasteiger partial charge is 0.315 e. The van der Waals surface area contributed by atoms with Crippen LogP contribution in [-0.2, 0) is 6.54 Å². The predicted octanol–water partition coefficient (Wildman–Crippen LogP) is 3.56. The summed E-state index contributed by atoms with van der Waals surface area (Å²) in [4.78, 5) is 20.6. The van der Waals surface area contributed by atoms with E-state index in [0.717, 1.165) is 54.8 Å². The van der Waals surface area contributed by atoms with Gasteiger partial charge in [0.1, 0.15) is 5.82 Å². The van der Waals surface area contributed by atoms with Gasteiger partial charge in [-0.2, -0.15) is 0 Å². The lowest BCUT2D eigenvalue weighted by Gasteiger charge is -2.32. The molecule has 1 unspecified atom stereocenters. The Kier molecular flexibility index (Phi) is 6.48. The number of rotatable bonds is 5. The first-order chi connectivity index (χ1) is 12.5. The first-order valence-corrected chi connectivity index (χ1v) is 10.5. The fraction of sp³-hybridized carbons (Fsp3) is 0.600. The maximum absolute atomic E-state index is 13.1. The van der Waals surface area contributed by atoms with Gasteiger partial charge in [-0.25, -0.2) is 4.98 Å². The van der Waals surface area contributed by atoms with Crippen LogP contribution in [0.2, 0.25) is 0 Å². The summed E-state index contributed by atoms with van der Waals surface area (Å²) in [6, 6.07) is 5.97. The molecule has 1 aliphatic rings. The third kappa shape index (κ3) is 4.02. The second kappa shape index (κ2) is 8.63. The summed E-state index contributed by atoms with van der Waals surface area (Å²) in [6.45, 7) is 11.2. The van der Waals surface area contributed by atoms with Gasteiger partial charge in [0, 0.05) is 30.7 Å². The average molecular weight is 421 g/mol. The minimum absolute atomic E-state index is 0.0656. The number of nitrogens with zero attached hydrogens (tertiary/aromatic N) is 3. The Bertz CT molecular complexity index is 819.